The summed E-state index contributed by atoms with van der Waals surface area (Å²) in [7, 11) is -1.45. The van der Waals surface area contributed by atoms with Gasteiger partial charge in [0.15, 0.2) is 9.84 Å². The highest BCUT2D eigenvalue weighted by molar-refractivity contribution is 7.91. The highest BCUT2D eigenvalue weighted by Crippen LogP contribution is 2.25. The van der Waals surface area contributed by atoms with E-state index in [1.54, 1.807) is 12.0 Å². The fraction of sp³-hybridized carbons (Fsp3) is 0.611. The van der Waals surface area contributed by atoms with Crippen LogP contribution >= 0.6 is 0 Å². The number of benzene rings is 1. The topological polar surface area (TPSA) is 89.7 Å². The quantitative estimate of drug-likeness (QED) is 0.700. The van der Waals surface area contributed by atoms with Crippen molar-refractivity contribution in [1.29, 1.82) is 0 Å². The molecule has 1 aliphatic heterocycles. The molecule has 0 spiro atoms. The van der Waals surface area contributed by atoms with Crippen LogP contribution in [-0.4, -0.2) is 57.0 Å². The SMILES string of the molecule is COCCCN(C(=O)C(C)C(N)c1ccccc1)C1CCS(=O)(=O)C1. The molecule has 1 saturated heterocycles. The second-order valence-electron chi connectivity index (χ2n) is 6.66. The molecule has 0 aliphatic carbocycles. The average molecular weight is 368 g/mol. The van der Waals surface area contributed by atoms with Crippen LogP contribution < -0.4 is 5.73 Å². The lowest BCUT2D eigenvalue weighted by molar-refractivity contribution is -0.137. The lowest BCUT2D eigenvalue weighted by Crippen LogP contribution is -2.46. The Labute approximate surface area is 150 Å². The summed E-state index contributed by atoms with van der Waals surface area (Å²) in [6.07, 6.45) is 1.17. The highest BCUT2D eigenvalue weighted by atomic mass is 32.2. The van der Waals surface area contributed by atoms with Crippen molar-refractivity contribution in [3.05, 3.63) is 35.9 Å². The largest absolute Gasteiger partial charge is 0.385 e. The Morgan fingerprint density at radius 1 is 1.36 bits per heavy atom. The maximum Gasteiger partial charge on any atom is 0.227 e. The van der Waals surface area contributed by atoms with E-state index in [0.717, 1.165) is 5.56 Å². The molecule has 3 atom stereocenters. The van der Waals surface area contributed by atoms with E-state index in [4.69, 9.17) is 10.5 Å². The van der Waals surface area contributed by atoms with Crippen LogP contribution in [-0.2, 0) is 19.4 Å². The molecule has 0 bridgehead atoms. The molecule has 1 fully saturated rings. The molecule has 1 amide bonds. The number of nitrogens with two attached hydrogens (primary N) is 1. The van der Waals surface area contributed by atoms with Crippen LogP contribution in [0.4, 0.5) is 0 Å². The third-order valence-electron chi connectivity index (χ3n) is 4.79. The zero-order valence-electron chi connectivity index (χ0n) is 14.9. The van der Waals surface area contributed by atoms with Gasteiger partial charge in [-0.1, -0.05) is 37.3 Å². The summed E-state index contributed by atoms with van der Waals surface area (Å²) < 4.78 is 28.7. The maximum atomic E-state index is 13.1. The Kier molecular flexibility index (Phi) is 6.98. The molecule has 2 rings (SSSR count). The van der Waals surface area contributed by atoms with Crippen LogP contribution in [0.5, 0.6) is 0 Å². The van der Waals surface area contributed by atoms with Gasteiger partial charge >= 0.3 is 0 Å². The minimum absolute atomic E-state index is 0.0407. The summed E-state index contributed by atoms with van der Waals surface area (Å²) in [4.78, 5) is 14.8. The zero-order chi connectivity index (χ0) is 18.4. The standard InChI is InChI=1S/C18H28N2O4S/c1-14(17(19)15-7-4-3-5-8-15)18(21)20(10-6-11-24-2)16-9-12-25(22,23)13-16/h3-5,7-8,14,16-17H,6,9-13,19H2,1-2H3. The smallest absolute Gasteiger partial charge is 0.227 e. The van der Waals surface area contributed by atoms with Crippen molar-refractivity contribution in [1.82, 2.24) is 4.90 Å². The molecule has 1 heterocycles. The number of carbonyl (C=O) groups is 1. The van der Waals surface area contributed by atoms with Crippen molar-refractivity contribution in [3.63, 3.8) is 0 Å². The van der Waals surface area contributed by atoms with E-state index in [1.165, 1.54) is 0 Å². The number of ether oxygens (including phenoxy) is 1. The lowest BCUT2D eigenvalue weighted by Gasteiger charge is -2.32. The number of methoxy groups -OCH3 is 1. The Morgan fingerprint density at radius 3 is 2.60 bits per heavy atom. The van der Waals surface area contributed by atoms with Gasteiger partial charge in [0.05, 0.1) is 17.4 Å². The van der Waals surface area contributed by atoms with Crippen LogP contribution in [0, 0.1) is 5.92 Å². The molecule has 6 nitrogen and oxygen atoms in total. The summed E-state index contributed by atoms with van der Waals surface area (Å²) >= 11 is 0. The van der Waals surface area contributed by atoms with E-state index < -0.39 is 21.8 Å². The van der Waals surface area contributed by atoms with Gasteiger partial charge in [0.2, 0.25) is 5.91 Å². The lowest BCUT2D eigenvalue weighted by atomic mass is 9.93. The summed E-state index contributed by atoms with van der Waals surface area (Å²) in [5.41, 5.74) is 7.20. The summed E-state index contributed by atoms with van der Waals surface area (Å²) in [6.45, 7) is 2.83. The molecule has 2 N–H and O–H groups in total. The van der Waals surface area contributed by atoms with Gasteiger partial charge in [0, 0.05) is 32.3 Å². The fourth-order valence-corrected chi connectivity index (χ4v) is 4.98. The number of rotatable bonds is 8. The van der Waals surface area contributed by atoms with Crippen molar-refractivity contribution in [2.24, 2.45) is 11.7 Å². The van der Waals surface area contributed by atoms with E-state index in [0.29, 0.717) is 26.0 Å². The van der Waals surface area contributed by atoms with Crippen LogP contribution in [0.15, 0.2) is 30.3 Å². The molecular formula is C18H28N2O4S. The van der Waals surface area contributed by atoms with E-state index in [-0.39, 0.29) is 23.5 Å². The number of hydrogen-bond donors (Lipinski definition) is 1. The third-order valence-corrected chi connectivity index (χ3v) is 6.54. The molecule has 7 heteroatoms. The minimum Gasteiger partial charge on any atom is -0.385 e. The molecular weight excluding hydrogens is 340 g/mol. The molecule has 1 aromatic carbocycles. The Hall–Kier alpha value is -1.44. The van der Waals surface area contributed by atoms with Crippen LogP contribution in [0.1, 0.15) is 31.4 Å². The number of carbonyl (C=O) groups excluding carboxylic acids is 1. The molecule has 0 aromatic heterocycles. The van der Waals surface area contributed by atoms with Gasteiger partial charge in [-0.3, -0.25) is 4.79 Å². The highest BCUT2D eigenvalue weighted by Gasteiger charge is 2.37. The van der Waals surface area contributed by atoms with Crippen LogP contribution in [0.25, 0.3) is 0 Å². The van der Waals surface area contributed by atoms with Gasteiger partial charge < -0.3 is 15.4 Å². The van der Waals surface area contributed by atoms with Gasteiger partial charge in [-0.05, 0) is 18.4 Å². The van der Waals surface area contributed by atoms with E-state index in [2.05, 4.69) is 0 Å². The van der Waals surface area contributed by atoms with Crippen molar-refractivity contribution >= 4 is 15.7 Å². The Balaban J connectivity index is 2.13. The van der Waals surface area contributed by atoms with Gasteiger partial charge in [0.1, 0.15) is 0 Å². The van der Waals surface area contributed by atoms with E-state index in [9.17, 15) is 13.2 Å². The average Bonchev–Trinajstić information content (AvgIpc) is 2.97. The first-order valence-electron chi connectivity index (χ1n) is 8.66. The molecule has 0 saturated carbocycles. The molecule has 25 heavy (non-hydrogen) atoms. The number of sulfone groups is 1. The van der Waals surface area contributed by atoms with E-state index in [1.807, 2.05) is 37.3 Å². The fourth-order valence-electron chi connectivity index (χ4n) is 3.25. The summed E-state index contributed by atoms with van der Waals surface area (Å²) in [5, 5.41) is 0. The van der Waals surface area contributed by atoms with Crippen molar-refractivity contribution in [2.45, 2.75) is 31.8 Å². The zero-order valence-corrected chi connectivity index (χ0v) is 15.7. The summed E-state index contributed by atoms with van der Waals surface area (Å²) in [6, 6.07) is 8.83. The van der Waals surface area contributed by atoms with Crippen molar-refractivity contribution in [3.8, 4) is 0 Å². The number of amides is 1. The van der Waals surface area contributed by atoms with Gasteiger partial charge in [0.25, 0.3) is 0 Å². The van der Waals surface area contributed by atoms with Crippen LogP contribution in [0.3, 0.4) is 0 Å². The second-order valence-corrected chi connectivity index (χ2v) is 8.89. The first kappa shape index (κ1) is 19.9. The molecule has 1 aliphatic rings. The molecule has 0 radical (unpaired) electrons. The predicted molar refractivity (Wildman–Crippen MR) is 97.8 cm³/mol. The predicted octanol–water partition coefficient (Wildman–Crippen LogP) is 1.37. The van der Waals surface area contributed by atoms with Gasteiger partial charge in [-0.15, -0.1) is 0 Å². The molecule has 140 valence electrons. The summed E-state index contributed by atoms with van der Waals surface area (Å²) in [5.74, 6) is -0.327. The first-order valence-corrected chi connectivity index (χ1v) is 10.5. The first-order chi connectivity index (χ1) is 11.9. The monoisotopic (exact) mass is 368 g/mol. The Bertz CT molecular complexity index is 663. The normalized spacial score (nSPS) is 21.6. The van der Waals surface area contributed by atoms with Gasteiger partial charge in [-0.25, -0.2) is 8.42 Å². The maximum absolute atomic E-state index is 13.1. The van der Waals surface area contributed by atoms with E-state index >= 15 is 0 Å². The third kappa shape index (κ3) is 5.26. The minimum atomic E-state index is -3.06. The van der Waals surface area contributed by atoms with Gasteiger partial charge in [-0.2, -0.15) is 0 Å². The molecule has 1 aromatic rings. The number of nitrogens with zero attached hydrogens (tertiary/aromatic N) is 1. The van der Waals surface area contributed by atoms with Crippen molar-refractivity contribution < 1.29 is 17.9 Å². The Morgan fingerprint density at radius 2 is 2.04 bits per heavy atom. The molecule has 3 unspecified atom stereocenters. The second kappa shape index (κ2) is 8.78. The van der Waals surface area contributed by atoms with Crippen molar-refractivity contribution in [2.75, 3.05) is 31.8 Å². The van der Waals surface area contributed by atoms with Crippen LogP contribution in [0.2, 0.25) is 0 Å². The number of hydrogen-bond acceptors (Lipinski definition) is 5.